The predicted molar refractivity (Wildman–Crippen MR) is 69.8 cm³/mol. The zero-order valence-electron chi connectivity index (χ0n) is 9.76. The number of hydrogen-bond acceptors (Lipinski definition) is 4. The molecule has 0 saturated carbocycles. The SMILES string of the molecule is Nc1cnccc1SCC(=O)N1CCCCC1. The Morgan fingerprint density at radius 1 is 1.41 bits per heavy atom. The second kappa shape index (κ2) is 5.91. The van der Waals surface area contributed by atoms with Gasteiger partial charge < -0.3 is 10.6 Å². The van der Waals surface area contributed by atoms with Gasteiger partial charge in [0.25, 0.3) is 0 Å². The Labute approximate surface area is 106 Å². The molecule has 1 aliphatic rings. The molecule has 2 heterocycles. The third-order valence-electron chi connectivity index (χ3n) is 2.87. The van der Waals surface area contributed by atoms with E-state index < -0.39 is 0 Å². The fraction of sp³-hybridized carbons (Fsp3) is 0.500. The van der Waals surface area contributed by atoms with Crippen molar-refractivity contribution in [3.8, 4) is 0 Å². The molecule has 0 radical (unpaired) electrons. The highest BCUT2D eigenvalue weighted by Gasteiger charge is 2.16. The predicted octanol–water partition coefficient (Wildman–Crippen LogP) is 1.77. The Kier molecular flexibility index (Phi) is 4.25. The van der Waals surface area contributed by atoms with Crippen molar-refractivity contribution >= 4 is 23.4 Å². The van der Waals surface area contributed by atoms with Crippen LogP contribution >= 0.6 is 11.8 Å². The third-order valence-corrected chi connectivity index (χ3v) is 3.94. The fourth-order valence-corrected chi connectivity index (χ4v) is 2.74. The number of carbonyl (C=O) groups is 1. The first-order valence-electron chi connectivity index (χ1n) is 5.87. The summed E-state index contributed by atoms with van der Waals surface area (Å²) in [5.74, 6) is 0.680. The number of nitrogens with zero attached hydrogens (tertiary/aromatic N) is 2. The van der Waals surface area contributed by atoms with Gasteiger partial charge in [0, 0.05) is 24.2 Å². The van der Waals surface area contributed by atoms with Crippen molar-refractivity contribution in [2.75, 3.05) is 24.6 Å². The standard InChI is InChI=1S/C12H17N3OS/c13-10-8-14-5-4-11(10)17-9-12(16)15-6-2-1-3-7-15/h4-5,8H,1-3,6-7,9,13H2. The molecule has 1 fully saturated rings. The number of carbonyl (C=O) groups excluding carboxylic acids is 1. The topological polar surface area (TPSA) is 59.2 Å². The van der Waals surface area contributed by atoms with Crippen LogP contribution in [0.1, 0.15) is 19.3 Å². The molecule has 0 unspecified atom stereocenters. The summed E-state index contributed by atoms with van der Waals surface area (Å²) < 4.78 is 0. The molecule has 1 aliphatic heterocycles. The lowest BCUT2D eigenvalue weighted by atomic mass is 10.1. The smallest absolute Gasteiger partial charge is 0.232 e. The van der Waals surface area contributed by atoms with Crippen LogP contribution in [0.2, 0.25) is 0 Å². The quantitative estimate of drug-likeness (QED) is 0.832. The number of pyridine rings is 1. The first-order valence-corrected chi connectivity index (χ1v) is 6.86. The minimum absolute atomic E-state index is 0.214. The molecule has 2 N–H and O–H groups in total. The van der Waals surface area contributed by atoms with E-state index in [1.807, 2.05) is 11.0 Å². The fourth-order valence-electron chi connectivity index (χ4n) is 1.90. The van der Waals surface area contributed by atoms with Gasteiger partial charge in [0.05, 0.1) is 17.6 Å². The molecule has 4 nitrogen and oxygen atoms in total. The van der Waals surface area contributed by atoms with Gasteiger partial charge in [0.1, 0.15) is 0 Å². The summed E-state index contributed by atoms with van der Waals surface area (Å²) in [6.45, 7) is 1.82. The molecule has 17 heavy (non-hydrogen) atoms. The molecule has 1 saturated heterocycles. The molecule has 1 aromatic rings. The molecular weight excluding hydrogens is 234 g/mol. The van der Waals surface area contributed by atoms with Crippen LogP contribution in [-0.2, 0) is 4.79 Å². The molecule has 1 amide bonds. The molecule has 92 valence electrons. The van der Waals surface area contributed by atoms with Crippen LogP contribution in [0.5, 0.6) is 0 Å². The van der Waals surface area contributed by atoms with E-state index >= 15 is 0 Å². The normalized spacial score (nSPS) is 15.9. The van der Waals surface area contributed by atoms with Crippen molar-refractivity contribution in [2.24, 2.45) is 0 Å². The van der Waals surface area contributed by atoms with Crippen molar-refractivity contribution in [3.63, 3.8) is 0 Å². The summed E-state index contributed by atoms with van der Waals surface area (Å²) in [5, 5.41) is 0. The van der Waals surface area contributed by atoms with E-state index in [9.17, 15) is 4.79 Å². The molecule has 0 bridgehead atoms. The molecule has 0 aliphatic carbocycles. The molecule has 0 spiro atoms. The molecular formula is C12H17N3OS. The van der Waals surface area contributed by atoms with Gasteiger partial charge >= 0.3 is 0 Å². The highest BCUT2D eigenvalue weighted by atomic mass is 32.2. The van der Waals surface area contributed by atoms with Gasteiger partial charge in [-0.1, -0.05) is 0 Å². The lowest BCUT2D eigenvalue weighted by Gasteiger charge is -2.26. The first kappa shape index (κ1) is 12.2. The lowest BCUT2D eigenvalue weighted by molar-refractivity contribution is -0.129. The van der Waals surface area contributed by atoms with Gasteiger partial charge in [-0.2, -0.15) is 0 Å². The Morgan fingerprint density at radius 3 is 2.88 bits per heavy atom. The maximum Gasteiger partial charge on any atom is 0.232 e. The summed E-state index contributed by atoms with van der Waals surface area (Å²) >= 11 is 1.49. The monoisotopic (exact) mass is 251 g/mol. The number of nitrogens with two attached hydrogens (primary N) is 1. The Bertz CT molecular complexity index is 391. The number of thioether (sulfide) groups is 1. The summed E-state index contributed by atoms with van der Waals surface area (Å²) in [4.78, 5) is 18.7. The summed E-state index contributed by atoms with van der Waals surface area (Å²) in [7, 11) is 0. The van der Waals surface area contributed by atoms with Gasteiger partial charge in [-0.25, -0.2) is 0 Å². The number of hydrogen-bond donors (Lipinski definition) is 1. The second-order valence-corrected chi connectivity index (χ2v) is 5.16. The van der Waals surface area contributed by atoms with E-state index in [2.05, 4.69) is 4.98 Å². The maximum atomic E-state index is 11.9. The van der Waals surface area contributed by atoms with Gasteiger partial charge in [0.2, 0.25) is 5.91 Å². The highest BCUT2D eigenvalue weighted by Crippen LogP contribution is 2.24. The van der Waals surface area contributed by atoms with Crippen LogP contribution in [-0.4, -0.2) is 34.6 Å². The highest BCUT2D eigenvalue weighted by molar-refractivity contribution is 8.00. The molecule has 0 atom stereocenters. The van der Waals surface area contributed by atoms with E-state index in [1.165, 1.54) is 18.2 Å². The molecule has 2 rings (SSSR count). The summed E-state index contributed by atoms with van der Waals surface area (Å²) in [5.41, 5.74) is 6.42. The summed E-state index contributed by atoms with van der Waals surface area (Å²) in [6.07, 6.45) is 6.83. The second-order valence-electron chi connectivity index (χ2n) is 4.14. The van der Waals surface area contributed by atoms with Gasteiger partial charge in [-0.05, 0) is 25.3 Å². The Balaban J connectivity index is 1.85. The number of anilines is 1. The Morgan fingerprint density at radius 2 is 2.18 bits per heavy atom. The number of piperidine rings is 1. The van der Waals surface area contributed by atoms with Crippen LogP contribution in [0.3, 0.4) is 0 Å². The van der Waals surface area contributed by atoms with Crippen LogP contribution in [0.25, 0.3) is 0 Å². The van der Waals surface area contributed by atoms with E-state index in [0.717, 1.165) is 30.8 Å². The van der Waals surface area contributed by atoms with Gasteiger partial charge in [-0.3, -0.25) is 9.78 Å². The van der Waals surface area contributed by atoms with Crippen LogP contribution in [0.15, 0.2) is 23.4 Å². The van der Waals surface area contributed by atoms with Crippen molar-refractivity contribution in [1.29, 1.82) is 0 Å². The maximum absolute atomic E-state index is 11.9. The first-order chi connectivity index (χ1) is 8.27. The van der Waals surface area contributed by atoms with Crippen molar-refractivity contribution < 1.29 is 4.79 Å². The number of rotatable bonds is 3. The van der Waals surface area contributed by atoms with E-state index in [0.29, 0.717) is 11.4 Å². The number of amides is 1. The van der Waals surface area contributed by atoms with Crippen LogP contribution in [0, 0.1) is 0 Å². The molecule has 1 aromatic heterocycles. The Hall–Kier alpha value is -1.23. The number of nitrogen functional groups attached to an aromatic ring is 1. The minimum atomic E-state index is 0.214. The van der Waals surface area contributed by atoms with Gasteiger partial charge in [-0.15, -0.1) is 11.8 Å². The average Bonchev–Trinajstić information content (AvgIpc) is 2.38. The molecule has 0 aromatic carbocycles. The van der Waals surface area contributed by atoms with Crippen LogP contribution < -0.4 is 5.73 Å². The van der Waals surface area contributed by atoms with Crippen LogP contribution in [0.4, 0.5) is 5.69 Å². The molecule has 5 heteroatoms. The minimum Gasteiger partial charge on any atom is -0.397 e. The number of likely N-dealkylation sites (tertiary alicyclic amines) is 1. The van der Waals surface area contributed by atoms with Crippen molar-refractivity contribution in [2.45, 2.75) is 24.2 Å². The largest absolute Gasteiger partial charge is 0.397 e. The van der Waals surface area contributed by atoms with E-state index in [4.69, 9.17) is 5.73 Å². The van der Waals surface area contributed by atoms with E-state index in [-0.39, 0.29) is 5.91 Å². The van der Waals surface area contributed by atoms with E-state index in [1.54, 1.807) is 12.4 Å². The van der Waals surface area contributed by atoms with Crippen molar-refractivity contribution in [1.82, 2.24) is 9.88 Å². The van der Waals surface area contributed by atoms with Gasteiger partial charge in [0.15, 0.2) is 0 Å². The lowest BCUT2D eigenvalue weighted by Crippen LogP contribution is -2.36. The summed E-state index contributed by atoms with van der Waals surface area (Å²) in [6, 6.07) is 1.85. The third kappa shape index (κ3) is 3.36. The zero-order valence-corrected chi connectivity index (χ0v) is 10.6. The van der Waals surface area contributed by atoms with Crippen molar-refractivity contribution in [3.05, 3.63) is 18.5 Å². The average molecular weight is 251 g/mol. The number of aromatic nitrogens is 1. The zero-order chi connectivity index (χ0) is 12.1.